The van der Waals surface area contributed by atoms with Gasteiger partial charge in [-0.05, 0) is 73.0 Å². The van der Waals surface area contributed by atoms with E-state index in [2.05, 4.69) is 30.3 Å². The fourth-order valence-corrected chi connectivity index (χ4v) is 3.83. The molecule has 1 aliphatic carbocycles. The van der Waals surface area contributed by atoms with Gasteiger partial charge in [-0.15, -0.1) is 0 Å². The van der Waals surface area contributed by atoms with Crippen LogP contribution in [0.2, 0.25) is 5.02 Å². The number of hydrogen-bond acceptors (Lipinski definition) is 2. The molecule has 0 aliphatic heterocycles. The minimum atomic E-state index is 0.214. The van der Waals surface area contributed by atoms with Gasteiger partial charge in [0, 0.05) is 17.0 Å². The number of hydrogen-bond donors (Lipinski definition) is 2. The Morgan fingerprint density at radius 3 is 2.74 bits per heavy atom. The summed E-state index contributed by atoms with van der Waals surface area (Å²) in [6, 6.07) is 15.3. The zero-order valence-corrected chi connectivity index (χ0v) is 14.2. The van der Waals surface area contributed by atoms with E-state index in [0.717, 1.165) is 43.7 Å². The van der Waals surface area contributed by atoms with Gasteiger partial charge in [-0.1, -0.05) is 41.9 Å². The number of rotatable bonds is 5. The van der Waals surface area contributed by atoms with Crippen LogP contribution in [-0.4, -0.2) is 12.6 Å². The van der Waals surface area contributed by atoms with Crippen molar-refractivity contribution in [2.24, 2.45) is 11.5 Å². The second-order valence-electron chi connectivity index (χ2n) is 6.57. The summed E-state index contributed by atoms with van der Waals surface area (Å²) in [7, 11) is 0. The Morgan fingerprint density at radius 2 is 1.96 bits per heavy atom. The van der Waals surface area contributed by atoms with E-state index in [4.69, 9.17) is 23.1 Å². The molecule has 0 saturated carbocycles. The standard InChI is InChI=1S/C20H25ClN2/c21-17-5-1-3-15(11-17)13-19-18-12-14(4-2-10-22)6-7-16(18)8-9-20(19)23/h1,3,5-7,11-12,19-20H,2,4,8-10,13,22-23H2. The molecule has 122 valence electrons. The first kappa shape index (κ1) is 16.5. The molecule has 4 N–H and O–H groups in total. The molecule has 3 rings (SSSR count). The zero-order chi connectivity index (χ0) is 16.2. The molecule has 2 aromatic rings. The lowest BCUT2D eigenvalue weighted by molar-refractivity contribution is 0.467. The fourth-order valence-electron chi connectivity index (χ4n) is 3.61. The summed E-state index contributed by atoms with van der Waals surface area (Å²) in [6.45, 7) is 0.739. The highest BCUT2D eigenvalue weighted by molar-refractivity contribution is 6.30. The summed E-state index contributed by atoms with van der Waals surface area (Å²) in [6.07, 6.45) is 5.17. The molecule has 1 aliphatic rings. The van der Waals surface area contributed by atoms with Crippen LogP contribution < -0.4 is 11.5 Å². The van der Waals surface area contributed by atoms with Crippen LogP contribution in [0, 0.1) is 0 Å². The second-order valence-corrected chi connectivity index (χ2v) is 7.00. The van der Waals surface area contributed by atoms with Gasteiger partial charge >= 0.3 is 0 Å². The topological polar surface area (TPSA) is 52.0 Å². The summed E-state index contributed by atoms with van der Waals surface area (Å²) in [4.78, 5) is 0. The molecule has 0 heterocycles. The Labute approximate surface area is 143 Å². The molecule has 2 atom stereocenters. The normalized spacial score (nSPS) is 20.3. The van der Waals surface area contributed by atoms with E-state index in [0.29, 0.717) is 5.92 Å². The van der Waals surface area contributed by atoms with Gasteiger partial charge in [-0.25, -0.2) is 0 Å². The van der Waals surface area contributed by atoms with Crippen LogP contribution in [0.15, 0.2) is 42.5 Å². The van der Waals surface area contributed by atoms with Crippen LogP contribution >= 0.6 is 11.6 Å². The predicted octanol–water partition coefficient (Wildman–Crippen LogP) is 3.83. The zero-order valence-electron chi connectivity index (χ0n) is 13.5. The van der Waals surface area contributed by atoms with Crippen molar-refractivity contribution in [3.8, 4) is 0 Å². The minimum absolute atomic E-state index is 0.214. The Kier molecular flexibility index (Phi) is 5.37. The lowest BCUT2D eigenvalue weighted by Crippen LogP contribution is -2.34. The molecule has 2 aromatic carbocycles. The molecule has 0 spiro atoms. The average molecular weight is 329 g/mol. The highest BCUT2D eigenvalue weighted by atomic mass is 35.5. The second kappa shape index (κ2) is 7.48. The highest BCUT2D eigenvalue weighted by Gasteiger charge is 2.27. The Balaban J connectivity index is 1.88. The third kappa shape index (κ3) is 3.95. The van der Waals surface area contributed by atoms with E-state index >= 15 is 0 Å². The quantitative estimate of drug-likeness (QED) is 0.876. The van der Waals surface area contributed by atoms with Crippen LogP contribution in [0.1, 0.15) is 41.0 Å². The molecular weight excluding hydrogens is 304 g/mol. The summed E-state index contributed by atoms with van der Waals surface area (Å²) in [5.74, 6) is 0.370. The van der Waals surface area contributed by atoms with Crippen molar-refractivity contribution in [1.29, 1.82) is 0 Å². The number of aryl methyl sites for hydroxylation is 2. The molecule has 3 heteroatoms. The molecule has 0 radical (unpaired) electrons. The van der Waals surface area contributed by atoms with Crippen molar-refractivity contribution in [2.45, 2.75) is 44.1 Å². The molecule has 2 nitrogen and oxygen atoms in total. The molecule has 0 amide bonds. The monoisotopic (exact) mass is 328 g/mol. The molecule has 0 aromatic heterocycles. The number of nitrogens with two attached hydrogens (primary N) is 2. The van der Waals surface area contributed by atoms with E-state index < -0.39 is 0 Å². The van der Waals surface area contributed by atoms with E-state index in [9.17, 15) is 0 Å². The van der Waals surface area contributed by atoms with E-state index in [1.807, 2.05) is 12.1 Å². The van der Waals surface area contributed by atoms with Crippen molar-refractivity contribution in [3.05, 3.63) is 69.7 Å². The third-order valence-corrected chi connectivity index (χ3v) is 5.12. The van der Waals surface area contributed by atoms with Gasteiger partial charge in [0.25, 0.3) is 0 Å². The van der Waals surface area contributed by atoms with Crippen LogP contribution in [-0.2, 0) is 19.3 Å². The summed E-state index contributed by atoms with van der Waals surface area (Å²) in [5, 5.41) is 0.795. The SMILES string of the molecule is NCCCc1ccc2c(c1)C(Cc1cccc(Cl)c1)C(N)CC2. The lowest BCUT2D eigenvalue weighted by Gasteiger charge is -2.32. The predicted molar refractivity (Wildman–Crippen MR) is 98.0 cm³/mol. The maximum absolute atomic E-state index is 6.48. The smallest absolute Gasteiger partial charge is 0.0408 e. The molecular formula is C20H25ClN2. The number of benzene rings is 2. The number of fused-ring (bicyclic) bond motifs is 1. The van der Waals surface area contributed by atoms with Crippen LogP contribution in [0.4, 0.5) is 0 Å². The largest absolute Gasteiger partial charge is 0.330 e. The molecule has 0 bridgehead atoms. The Hall–Kier alpha value is -1.35. The third-order valence-electron chi connectivity index (χ3n) is 4.89. The molecule has 0 fully saturated rings. The minimum Gasteiger partial charge on any atom is -0.330 e. The van der Waals surface area contributed by atoms with Gasteiger partial charge in [-0.2, -0.15) is 0 Å². The van der Waals surface area contributed by atoms with Gasteiger partial charge in [0.2, 0.25) is 0 Å². The average Bonchev–Trinajstić information content (AvgIpc) is 2.55. The van der Waals surface area contributed by atoms with Crippen LogP contribution in [0.3, 0.4) is 0 Å². The lowest BCUT2D eigenvalue weighted by atomic mass is 9.76. The van der Waals surface area contributed by atoms with Gasteiger partial charge in [0.1, 0.15) is 0 Å². The van der Waals surface area contributed by atoms with E-state index in [1.54, 1.807) is 0 Å². The maximum atomic E-state index is 6.48. The summed E-state index contributed by atoms with van der Waals surface area (Å²) in [5.41, 5.74) is 17.6. The van der Waals surface area contributed by atoms with Crippen molar-refractivity contribution < 1.29 is 0 Å². The molecule has 2 unspecified atom stereocenters. The van der Waals surface area contributed by atoms with E-state index in [-0.39, 0.29) is 6.04 Å². The summed E-state index contributed by atoms with van der Waals surface area (Å²) >= 11 is 6.14. The highest BCUT2D eigenvalue weighted by Crippen LogP contribution is 2.34. The van der Waals surface area contributed by atoms with Gasteiger partial charge in [-0.3, -0.25) is 0 Å². The van der Waals surface area contributed by atoms with E-state index in [1.165, 1.54) is 22.3 Å². The van der Waals surface area contributed by atoms with Gasteiger partial charge in [0.15, 0.2) is 0 Å². The van der Waals surface area contributed by atoms with Gasteiger partial charge in [0.05, 0.1) is 0 Å². The Morgan fingerprint density at radius 1 is 1.09 bits per heavy atom. The van der Waals surface area contributed by atoms with Crippen LogP contribution in [0.25, 0.3) is 0 Å². The van der Waals surface area contributed by atoms with Crippen molar-refractivity contribution in [1.82, 2.24) is 0 Å². The first-order chi connectivity index (χ1) is 11.2. The maximum Gasteiger partial charge on any atom is 0.0408 e. The molecule has 0 saturated heterocycles. The van der Waals surface area contributed by atoms with Crippen molar-refractivity contribution >= 4 is 11.6 Å². The first-order valence-electron chi connectivity index (χ1n) is 8.49. The summed E-state index contributed by atoms with van der Waals surface area (Å²) < 4.78 is 0. The van der Waals surface area contributed by atoms with Gasteiger partial charge < -0.3 is 11.5 Å². The van der Waals surface area contributed by atoms with Crippen LogP contribution in [0.5, 0.6) is 0 Å². The van der Waals surface area contributed by atoms with Crippen molar-refractivity contribution in [2.75, 3.05) is 6.54 Å². The first-order valence-corrected chi connectivity index (χ1v) is 8.87. The Bertz CT molecular complexity index is 668. The van der Waals surface area contributed by atoms with Crippen molar-refractivity contribution in [3.63, 3.8) is 0 Å². The number of halogens is 1. The molecule has 23 heavy (non-hydrogen) atoms. The fraction of sp³-hybridized carbons (Fsp3) is 0.400.